The van der Waals surface area contributed by atoms with Crippen molar-refractivity contribution >= 4 is 21.6 Å². The Morgan fingerprint density at radius 2 is 1.94 bits per heavy atom. The van der Waals surface area contributed by atoms with Crippen molar-refractivity contribution in [2.45, 2.75) is 31.0 Å². The molecule has 1 heterocycles. The summed E-state index contributed by atoms with van der Waals surface area (Å²) in [5.41, 5.74) is 0.771. The summed E-state index contributed by atoms with van der Waals surface area (Å²) >= 11 is 3.33. The molecule has 0 saturated carbocycles. The highest BCUT2D eigenvalue weighted by molar-refractivity contribution is 9.10. The van der Waals surface area contributed by atoms with Crippen LogP contribution in [0.5, 0.6) is 0 Å². The first-order chi connectivity index (χ1) is 8.60. The van der Waals surface area contributed by atoms with E-state index in [4.69, 9.17) is 9.84 Å². The second-order valence-electron chi connectivity index (χ2n) is 4.31. The molecule has 1 aromatic carbocycles. The van der Waals surface area contributed by atoms with E-state index in [-0.39, 0.29) is 13.0 Å². The van der Waals surface area contributed by atoms with Crippen molar-refractivity contribution in [2.75, 3.05) is 11.9 Å². The van der Waals surface area contributed by atoms with Gasteiger partial charge in [-0.1, -0.05) is 15.9 Å². The van der Waals surface area contributed by atoms with E-state index in [1.165, 1.54) is 0 Å². The maximum absolute atomic E-state index is 9.84. The average molecular weight is 318 g/mol. The van der Waals surface area contributed by atoms with Gasteiger partial charge >= 0.3 is 0 Å². The minimum Gasteiger partial charge on any atom is -0.394 e. The van der Waals surface area contributed by atoms with Crippen molar-refractivity contribution in [1.29, 1.82) is 0 Å². The molecular formula is C12H16BrNO4. The van der Waals surface area contributed by atoms with Crippen LogP contribution in [0.4, 0.5) is 5.69 Å². The first-order valence-electron chi connectivity index (χ1n) is 5.74. The summed E-state index contributed by atoms with van der Waals surface area (Å²) in [6, 6.07) is 7.37. The van der Waals surface area contributed by atoms with Crippen LogP contribution in [0, 0.1) is 0 Å². The second kappa shape index (κ2) is 5.99. The lowest BCUT2D eigenvalue weighted by atomic mass is 10.0. The molecule has 0 amide bonds. The van der Waals surface area contributed by atoms with E-state index in [0.29, 0.717) is 0 Å². The topological polar surface area (TPSA) is 82.0 Å². The Bertz CT molecular complexity index is 386. The third kappa shape index (κ3) is 3.21. The fraction of sp³-hybridized carbons (Fsp3) is 0.500. The number of aliphatic hydroxyl groups is 3. The van der Waals surface area contributed by atoms with Gasteiger partial charge in [-0.25, -0.2) is 0 Å². The van der Waals surface area contributed by atoms with Crippen LogP contribution in [0.2, 0.25) is 0 Å². The Kier molecular flexibility index (Phi) is 4.58. The van der Waals surface area contributed by atoms with Crippen molar-refractivity contribution in [3.63, 3.8) is 0 Å². The molecule has 18 heavy (non-hydrogen) atoms. The highest BCUT2D eigenvalue weighted by Crippen LogP contribution is 2.23. The lowest BCUT2D eigenvalue weighted by Gasteiger charge is -2.37. The molecule has 6 heteroatoms. The Morgan fingerprint density at radius 3 is 2.56 bits per heavy atom. The lowest BCUT2D eigenvalue weighted by molar-refractivity contribution is -0.166. The summed E-state index contributed by atoms with van der Waals surface area (Å²) in [5.74, 6) is 0. The van der Waals surface area contributed by atoms with E-state index < -0.39 is 24.5 Å². The van der Waals surface area contributed by atoms with Crippen molar-refractivity contribution in [3.8, 4) is 0 Å². The third-order valence-electron chi connectivity index (χ3n) is 2.90. The fourth-order valence-electron chi connectivity index (χ4n) is 1.90. The molecular weight excluding hydrogens is 302 g/mol. The maximum atomic E-state index is 9.84. The molecule has 4 atom stereocenters. The van der Waals surface area contributed by atoms with Gasteiger partial charge in [-0.2, -0.15) is 0 Å². The van der Waals surface area contributed by atoms with Crippen LogP contribution in [0.3, 0.4) is 0 Å². The molecule has 0 spiro atoms. The van der Waals surface area contributed by atoms with Crippen LogP contribution >= 0.6 is 15.9 Å². The second-order valence-corrected chi connectivity index (χ2v) is 5.22. The lowest BCUT2D eigenvalue weighted by Crippen LogP contribution is -2.52. The number of aliphatic hydroxyl groups excluding tert-OH is 3. The van der Waals surface area contributed by atoms with Gasteiger partial charge in [0.1, 0.15) is 6.10 Å². The summed E-state index contributed by atoms with van der Waals surface area (Å²) < 4.78 is 6.42. The monoisotopic (exact) mass is 317 g/mol. The number of hydrogen-bond donors (Lipinski definition) is 4. The summed E-state index contributed by atoms with van der Waals surface area (Å²) in [6.45, 7) is -0.178. The molecule has 1 saturated heterocycles. The molecule has 4 unspecified atom stereocenters. The first kappa shape index (κ1) is 13.8. The molecule has 1 fully saturated rings. The molecule has 0 radical (unpaired) electrons. The smallest absolute Gasteiger partial charge is 0.156 e. The Hall–Kier alpha value is -0.660. The van der Waals surface area contributed by atoms with Gasteiger partial charge < -0.3 is 25.4 Å². The number of benzene rings is 1. The molecule has 0 aromatic heterocycles. The fourth-order valence-corrected chi connectivity index (χ4v) is 2.17. The van der Waals surface area contributed by atoms with Crippen molar-refractivity contribution in [2.24, 2.45) is 0 Å². The third-order valence-corrected chi connectivity index (χ3v) is 3.43. The van der Waals surface area contributed by atoms with Gasteiger partial charge in [0.25, 0.3) is 0 Å². The standard InChI is InChI=1S/C12H16BrNO4/c13-7-1-3-8(4-2-7)14-12-11(17)10(16)5-9(6-15)18-12/h1-4,9-12,14-17H,5-6H2. The number of anilines is 1. The first-order valence-corrected chi connectivity index (χ1v) is 6.54. The molecule has 100 valence electrons. The Morgan fingerprint density at radius 1 is 1.28 bits per heavy atom. The van der Waals surface area contributed by atoms with Gasteiger partial charge in [0, 0.05) is 16.6 Å². The van der Waals surface area contributed by atoms with Crippen LogP contribution in [0.15, 0.2) is 28.7 Å². The number of nitrogens with one attached hydrogen (secondary N) is 1. The Labute approximate surface area is 114 Å². The molecule has 0 bridgehead atoms. The van der Waals surface area contributed by atoms with E-state index in [1.54, 1.807) is 0 Å². The average Bonchev–Trinajstić information content (AvgIpc) is 2.37. The molecule has 1 aliphatic heterocycles. The zero-order valence-corrected chi connectivity index (χ0v) is 11.2. The number of rotatable bonds is 3. The normalized spacial score (nSPS) is 32.2. The van der Waals surface area contributed by atoms with Crippen molar-refractivity contribution < 1.29 is 20.1 Å². The van der Waals surface area contributed by atoms with Crippen LogP contribution in [-0.2, 0) is 4.74 Å². The quantitative estimate of drug-likeness (QED) is 0.659. The van der Waals surface area contributed by atoms with Gasteiger partial charge in [0.05, 0.1) is 18.8 Å². The SMILES string of the molecule is OCC1CC(O)C(O)C(Nc2ccc(Br)cc2)O1. The van der Waals surface area contributed by atoms with Gasteiger partial charge in [-0.15, -0.1) is 0 Å². The van der Waals surface area contributed by atoms with Crippen molar-refractivity contribution in [3.05, 3.63) is 28.7 Å². The maximum Gasteiger partial charge on any atom is 0.156 e. The minimum absolute atomic E-state index is 0.178. The summed E-state index contributed by atoms with van der Waals surface area (Å²) in [5, 5.41) is 31.6. The van der Waals surface area contributed by atoms with E-state index >= 15 is 0 Å². The number of ether oxygens (including phenoxy) is 1. The Balaban J connectivity index is 2.04. The molecule has 4 N–H and O–H groups in total. The zero-order chi connectivity index (χ0) is 13.1. The largest absolute Gasteiger partial charge is 0.394 e. The predicted octanol–water partition coefficient (Wildman–Crippen LogP) is 0.690. The van der Waals surface area contributed by atoms with E-state index in [1.807, 2.05) is 24.3 Å². The van der Waals surface area contributed by atoms with Crippen LogP contribution in [0.25, 0.3) is 0 Å². The van der Waals surface area contributed by atoms with Gasteiger partial charge in [0.2, 0.25) is 0 Å². The number of halogens is 1. The van der Waals surface area contributed by atoms with E-state index in [2.05, 4.69) is 21.2 Å². The summed E-state index contributed by atoms with van der Waals surface area (Å²) in [4.78, 5) is 0. The molecule has 1 aliphatic rings. The van der Waals surface area contributed by atoms with Crippen LogP contribution < -0.4 is 5.32 Å². The summed E-state index contributed by atoms with van der Waals surface area (Å²) in [6.07, 6.45) is -2.88. The zero-order valence-electron chi connectivity index (χ0n) is 9.66. The van der Waals surface area contributed by atoms with Gasteiger partial charge in [-0.3, -0.25) is 0 Å². The van der Waals surface area contributed by atoms with Gasteiger partial charge in [-0.05, 0) is 24.3 Å². The molecule has 0 aliphatic carbocycles. The molecule has 2 rings (SSSR count). The number of hydrogen-bond acceptors (Lipinski definition) is 5. The van der Waals surface area contributed by atoms with E-state index in [9.17, 15) is 10.2 Å². The molecule has 1 aromatic rings. The summed E-state index contributed by atoms with van der Waals surface area (Å²) in [7, 11) is 0. The van der Waals surface area contributed by atoms with Crippen LogP contribution in [0.1, 0.15) is 6.42 Å². The minimum atomic E-state index is -1.02. The van der Waals surface area contributed by atoms with Crippen LogP contribution in [-0.4, -0.2) is 46.5 Å². The molecule has 5 nitrogen and oxygen atoms in total. The highest BCUT2D eigenvalue weighted by Gasteiger charge is 2.36. The van der Waals surface area contributed by atoms with E-state index in [0.717, 1.165) is 10.2 Å². The highest BCUT2D eigenvalue weighted by atomic mass is 79.9. The predicted molar refractivity (Wildman–Crippen MR) is 70.1 cm³/mol. The van der Waals surface area contributed by atoms with Crippen molar-refractivity contribution in [1.82, 2.24) is 0 Å². The van der Waals surface area contributed by atoms with Gasteiger partial charge in [0.15, 0.2) is 6.23 Å².